The molecule has 4 rings (SSSR count). The number of methoxy groups -OCH3 is 1. The number of carbonyl (C=O) groups is 2. The number of thiazole rings is 1. The predicted molar refractivity (Wildman–Crippen MR) is 122 cm³/mol. The molecule has 10 heteroatoms. The Labute approximate surface area is 186 Å². The highest BCUT2D eigenvalue weighted by Gasteiger charge is 2.22. The summed E-state index contributed by atoms with van der Waals surface area (Å²) in [5.74, 6) is -0.814. The normalized spacial score (nSPS) is 11.3. The molecule has 1 N–H and O–H groups in total. The lowest BCUT2D eigenvalue weighted by atomic mass is 10.1. The summed E-state index contributed by atoms with van der Waals surface area (Å²) in [4.78, 5) is 36.7. The van der Waals surface area contributed by atoms with Gasteiger partial charge in [0.05, 0.1) is 40.5 Å². The molecular formula is C21H21N5O3S2. The minimum absolute atomic E-state index is 0.0884. The van der Waals surface area contributed by atoms with E-state index in [2.05, 4.69) is 15.4 Å². The zero-order valence-electron chi connectivity index (χ0n) is 17.7. The number of anilines is 1. The van der Waals surface area contributed by atoms with Gasteiger partial charge in [0.25, 0.3) is 5.91 Å². The first kappa shape index (κ1) is 21.1. The molecule has 0 unspecified atom stereocenters. The Kier molecular flexibility index (Phi) is 5.59. The Hall–Kier alpha value is -3.11. The molecule has 31 heavy (non-hydrogen) atoms. The van der Waals surface area contributed by atoms with Gasteiger partial charge >= 0.3 is 5.97 Å². The van der Waals surface area contributed by atoms with Crippen molar-refractivity contribution in [2.75, 3.05) is 12.4 Å². The van der Waals surface area contributed by atoms with Crippen molar-refractivity contribution in [3.05, 3.63) is 45.4 Å². The average Bonchev–Trinajstić information content (AvgIpc) is 3.44. The van der Waals surface area contributed by atoms with E-state index in [0.29, 0.717) is 38.0 Å². The van der Waals surface area contributed by atoms with Crippen molar-refractivity contribution >= 4 is 50.7 Å². The van der Waals surface area contributed by atoms with Crippen LogP contribution in [0.25, 0.3) is 21.6 Å². The van der Waals surface area contributed by atoms with Crippen molar-refractivity contribution in [2.24, 2.45) is 0 Å². The van der Waals surface area contributed by atoms with Crippen LogP contribution in [0, 0.1) is 13.8 Å². The molecule has 0 aliphatic heterocycles. The number of carbonyl (C=O) groups excluding carboxylic acids is 2. The van der Waals surface area contributed by atoms with Gasteiger partial charge in [0.2, 0.25) is 0 Å². The van der Waals surface area contributed by atoms with Crippen LogP contribution in [0.2, 0.25) is 0 Å². The van der Waals surface area contributed by atoms with E-state index in [4.69, 9.17) is 9.72 Å². The van der Waals surface area contributed by atoms with E-state index in [1.54, 1.807) is 35.2 Å². The maximum Gasteiger partial charge on any atom is 0.350 e. The van der Waals surface area contributed by atoms with Gasteiger partial charge < -0.3 is 4.74 Å². The molecular weight excluding hydrogens is 434 g/mol. The Morgan fingerprint density at radius 2 is 1.94 bits per heavy atom. The number of rotatable bonds is 5. The van der Waals surface area contributed by atoms with Crippen molar-refractivity contribution in [1.82, 2.24) is 19.7 Å². The van der Waals surface area contributed by atoms with Gasteiger partial charge in [-0.25, -0.2) is 19.4 Å². The number of aryl methyl sites for hydroxylation is 2. The molecule has 8 nitrogen and oxygen atoms in total. The first-order valence-corrected chi connectivity index (χ1v) is 11.2. The summed E-state index contributed by atoms with van der Waals surface area (Å²) in [6, 6.07) is 5.89. The number of esters is 1. The van der Waals surface area contributed by atoms with Gasteiger partial charge in [-0.2, -0.15) is 5.10 Å². The van der Waals surface area contributed by atoms with E-state index in [0.717, 1.165) is 21.1 Å². The second kappa shape index (κ2) is 8.20. The van der Waals surface area contributed by atoms with Crippen molar-refractivity contribution in [3.63, 3.8) is 0 Å². The van der Waals surface area contributed by atoms with E-state index in [1.165, 1.54) is 7.11 Å². The highest BCUT2D eigenvalue weighted by atomic mass is 32.1. The van der Waals surface area contributed by atoms with Crippen LogP contribution in [0.5, 0.6) is 0 Å². The Balaban J connectivity index is 1.79. The van der Waals surface area contributed by atoms with Crippen molar-refractivity contribution in [3.8, 4) is 10.6 Å². The third-order valence-corrected chi connectivity index (χ3v) is 6.76. The third-order valence-electron chi connectivity index (χ3n) is 4.68. The number of hydrogen-bond donors (Lipinski definition) is 1. The molecule has 0 saturated heterocycles. The van der Waals surface area contributed by atoms with Gasteiger partial charge in [-0.05, 0) is 45.9 Å². The second-order valence-electron chi connectivity index (χ2n) is 7.26. The van der Waals surface area contributed by atoms with E-state index in [9.17, 15) is 9.59 Å². The van der Waals surface area contributed by atoms with Crippen LogP contribution in [0.3, 0.4) is 0 Å². The number of ether oxygens (including phenoxy) is 1. The molecule has 160 valence electrons. The summed E-state index contributed by atoms with van der Waals surface area (Å²) in [7, 11) is 1.31. The Morgan fingerprint density at radius 1 is 1.16 bits per heavy atom. The van der Waals surface area contributed by atoms with Gasteiger partial charge in [-0.15, -0.1) is 11.3 Å². The van der Waals surface area contributed by atoms with Gasteiger partial charge in [-0.1, -0.05) is 11.3 Å². The lowest BCUT2D eigenvalue weighted by Gasteiger charge is -2.09. The monoisotopic (exact) mass is 455 g/mol. The van der Waals surface area contributed by atoms with Gasteiger partial charge in [0.15, 0.2) is 10.8 Å². The molecule has 0 saturated carbocycles. The third kappa shape index (κ3) is 3.96. The quantitative estimate of drug-likeness (QED) is 0.432. The summed E-state index contributed by atoms with van der Waals surface area (Å²) in [6.07, 6.45) is 1.66. The molecule has 0 radical (unpaired) electrons. The number of pyridine rings is 1. The SMILES string of the molecule is COC(=O)c1sc(NC(=O)c2cc(-c3ccc(C)s3)nc3c2cnn3C(C)C)nc1C. The molecule has 0 aromatic carbocycles. The Bertz CT molecular complexity index is 1300. The van der Waals surface area contributed by atoms with Crippen molar-refractivity contribution in [1.29, 1.82) is 0 Å². The smallest absolute Gasteiger partial charge is 0.350 e. The topological polar surface area (TPSA) is 99.0 Å². The number of fused-ring (bicyclic) bond motifs is 1. The number of hydrogen-bond acceptors (Lipinski definition) is 8. The molecule has 1 amide bonds. The maximum absolute atomic E-state index is 13.2. The van der Waals surface area contributed by atoms with Gasteiger partial charge in [-0.3, -0.25) is 10.1 Å². The molecule has 0 fully saturated rings. The summed E-state index contributed by atoms with van der Waals surface area (Å²) in [6.45, 7) is 7.76. The minimum Gasteiger partial charge on any atom is -0.465 e. The first-order valence-electron chi connectivity index (χ1n) is 9.60. The fraction of sp³-hybridized carbons (Fsp3) is 0.286. The standard InChI is InChI=1S/C21H21N5O3S2/c1-10(2)26-18-14(9-22-26)13(8-15(24-18)16-7-6-11(3)30-16)19(27)25-21-23-12(4)17(31-21)20(28)29-5/h6-10H,1-5H3,(H,23,25,27). The van der Waals surface area contributed by atoms with Gasteiger partial charge in [0, 0.05) is 10.9 Å². The molecule has 0 bridgehead atoms. The van der Waals surface area contributed by atoms with E-state index in [-0.39, 0.29) is 11.9 Å². The molecule has 4 heterocycles. The molecule has 0 aliphatic rings. The fourth-order valence-corrected chi connectivity index (χ4v) is 4.89. The van der Waals surface area contributed by atoms with Crippen LogP contribution in [-0.2, 0) is 4.74 Å². The molecule has 0 aliphatic carbocycles. The summed E-state index contributed by atoms with van der Waals surface area (Å²) in [5, 5.41) is 8.24. The lowest BCUT2D eigenvalue weighted by molar-refractivity contribution is 0.0605. The zero-order chi connectivity index (χ0) is 22.3. The number of nitrogens with one attached hydrogen (secondary N) is 1. The number of thiophene rings is 1. The second-order valence-corrected chi connectivity index (χ2v) is 9.55. The zero-order valence-corrected chi connectivity index (χ0v) is 19.3. The fourth-order valence-electron chi connectivity index (χ4n) is 3.18. The van der Waals surface area contributed by atoms with E-state index < -0.39 is 5.97 Å². The highest BCUT2D eigenvalue weighted by molar-refractivity contribution is 7.17. The van der Waals surface area contributed by atoms with Crippen LogP contribution < -0.4 is 5.32 Å². The number of amides is 1. The molecule has 4 aromatic rings. The first-order chi connectivity index (χ1) is 14.8. The average molecular weight is 456 g/mol. The predicted octanol–water partition coefficient (Wildman–Crippen LogP) is 4.85. The highest BCUT2D eigenvalue weighted by Crippen LogP contribution is 2.31. The van der Waals surface area contributed by atoms with Crippen molar-refractivity contribution in [2.45, 2.75) is 33.7 Å². The summed E-state index contributed by atoms with van der Waals surface area (Å²) < 4.78 is 6.57. The number of nitrogens with zero attached hydrogens (tertiary/aromatic N) is 4. The minimum atomic E-state index is -0.477. The van der Waals surface area contributed by atoms with Crippen LogP contribution in [0.15, 0.2) is 24.4 Å². The summed E-state index contributed by atoms with van der Waals surface area (Å²) in [5.41, 5.74) is 2.32. The van der Waals surface area contributed by atoms with Crippen molar-refractivity contribution < 1.29 is 14.3 Å². The lowest BCUT2D eigenvalue weighted by Crippen LogP contribution is -2.13. The van der Waals surface area contributed by atoms with Crippen LogP contribution >= 0.6 is 22.7 Å². The van der Waals surface area contributed by atoms with E-state index >= 15 is 0 Å². The van der Waals surface area contributed by atoms with Gasteiger partial charge in [0.1, 0.15) is 4.88 Å². The largest absolute Gasteiger partial charge is 0.465 e. The summed E-state index contributed by atoms with van der Waals surface area (Å²) >= 11 is 2.70. The van der Waals surface area contributed by atoms with Crippen LogP contribution in [0.4, 0.5) is 5.13 Å². The van der Waals surface area contributed by atoms with Crippen LogP contribution in [-0.4, -0.2) is 38.7 Å². The maximum atomic E-state index is 13.2. The Morgan fingerprint density at radius 3 is 2.58 bits per heavy atom. The molecule has 4 aromatic heterocycles. The molecule has 0 spiro atoms. The van der Waals surface area contributed by atoms with Crippen LogP contribution in [0.1, 0.15) is 50.5 Å². The van der Waals surface area contributed by atoms with E-state index in [1.807, 2.05) is 32.9 Å². The number of aromatic nitrogens is 4. The molecule has 0 atom stereocenters.